The molecular weight excluding hydrogens is 373 g/mol. The standard InChI is InChI=1S/C21H26FN5O2/c1-2-27-18(8-9-23-27)20(28)25-11-3-10-24-12-13-26(21(29)19(24)15-25)14-16-4-6-17(22)7-5-16/h4-9,19H,2-3,10-15H2,1H3. The third kappa shape index (κ3) is 4.03. The Hall–Kier alpha value is -2.74. The lowest BCUT2D eigenvalue weighted by atomic mass is 10.1. The monoisotopic (exact) mass is 399 g/mol. The molecule has 3 heterocycles. The number of carbonyl (C=O) groups is 2. The van der Waals surface area contributed by atoms with Gasteiger partial charge in [-0.15, -0.1) is 0 Å². The number of nitrogens with zero attached hydrogens (tertiary/aromatic N) is 5. The molecule has 0 saturated carbocycles. The summed E-state index contributed by atoms with van der Waals surface area (Å²) in [5.41, 5.74) is 1.47. The number of rotatable bonds is 4. The van der Waals surface area contributed by atoms with Crippen molar-refractivity contribution in [3.05, 3.63) is 53.6 Å². The number of fused-ring (bicyclic) bond motifs is 1. The molecule has 2 amide bonds. The first-order chi connectivity index (χ1) is 14.1. The second-order valence-electron chi connectivity index (χ2n) is 7.57. The molecule has 1 unspecified atom stereocenters. The van der Waals surface area contributed by atoms with E-state index < -0.39 is 0 Å². The minimum Gasteiger partial charge on any atom is -0.336 e. The van der Waals surface area contributed by atoms with E-state index in [0.717, 1.165) is 25.1 Å². The van der Waals surface area contributed by atoms with Gasteiger partial charge < -0.3 is 9.80 Å². The topological polar surface area (TPSA) is 61.7 Å². The largest absolute Gasteiger partial charge is 0.336 e. The van der Waals surface area contributed by atoms with Crippen LogP contribution in [0.5, 0.6) is 0 Å². The Morgan fingerprint density at radius 1 is 1.14 bits per heavy atom. The zero-order valence-corrected chi connectivity index (χ0v) is 16.6. The van der Waals surface area contributed by atoms with E-state index in [1.807, 2.05) is 11.8 Å². The zero-order valence-electron chi connectivity index (χ0n) is 16.6. The van der Waals surface area contributed by atoms with Crippen LogP contribution >= 0.6 is 0 Å². The molecule has 0 spiro atoms. The molecule has 1 aromatic carbocycles. The zero-order chi connectivity index (χ0) is 20.4. The van der Waals surface area contributed by atoms with Crippen molar-refractivity contribution < 1.29 is 14.0 Å². The summed E-state index contributed by atoms with van der Waals surface area (Å²) in [6, 6.07) is 7.65. The van der Waals surface area contributed by atoms with Crippen LogP contribution in [0.1, 0.15) is 29.4 Å². The van der Waals surface area contributed by atoms with Gasteiger partial charge in [0.2, 0.25) is 5.91 Å². The molecule has 0 aliphatic carbocycles. The Kier molecular flexibility index (Phi) is 5.62. The van der Waals surface area contributed by atoms with Gasteiger partial charge in [0, 0.05) is 52.0 Å². The van der Waals surface area contributed by atoms with Gasteiger partial charge >= 0.3 is 0 Å². The van der Waals surface area contributed by atoms with Crippen molar-refractivity contribution in [3.63, 3.8) is 0 Å². The molecule has 0 bridgehead atoms. The number of halogens is 1. The van der Waals surface area contributed by atoms with E-state index in [0.29, 0.717) is 38.4 Å². The maximum absolute atomic E-state index is 13.2. The molecule has 2 aliphatic heterocycles. The highest BCUT2D eigenvalue weighted by molar-refractivity contribution is 5.93. The van der Waals surface area contributed by atoms with Crippen molar-refractivity contribution in [1.82, 2.24) is 24.5 Å². The second kappa shape index (κ2) is 8.32. The number of carbonyl (C=O) groups excluding carboxylic acids is 2. The highest BCUT2D eigenvalue weighted by Crippen LogP contribution is 2.20. The molecular formula is C21H26FN5O2. The molecule has 0 N–H and O–H groups in total. The van der Waals surface area contributed by atoms with E-state index in [4.69, 9.17) is 0 Å². The summed E-state index contributed by atoms with van der Waals surface area (Å²) < 4.78 is 14.9. The fourth-order valence-electron chi connectivity index (χ4n) is 4.19. The molecule has 7 nitrogen and oxygen atoms in total. The Labute approximate surface area is 169 Å². The lowest BCUT2D eigenvalue weighted by Gasteiger charge is -2.40. The summed E-state index contributed by atoms with van der Waals surface area (Å²) in [5.74, 6) is -0.326. The average molecular weight is 399 g/mol. The minimum absolute atomic E-state index is 0.0317. The van der Waals surface area contributed by atoms with Crippen LogP contribution in [0.15, 0.2) is 36.5 Å². The van der Waals surface area contributed by atoms with Crippen LogP contribution in [0.4, 0.5) is 4.39 Å². The fraction of sp³-hybridized carbons (Fsp3) is 0.476. The maximum Gasteiger partial charge on any atom is 0.272 e. The first kappa shape index (κ1) is 19.6. The first-order valence-electron chi connectivity index (χ1n) is 10.1. The number of hydrogen-bond acceptors (Lipinski definition) is 4. The fourth-order valence-corrected chi connectivity index (χ4v) is 4.19. The summed E-state index contributed by atoms with van der Waals surface area (Å²) >= 11 is 0. The highest BCUT2D eigenvalue weighted by atomic mass is 19.1. The van der Waals surface area contributed by atoms with Crippen LogP contribution < -0.4 is 0 Å². The first-order valence-corrected chi connectivity index (χ1v) is 10.1. The lowest BCUT2D eigenvalue weighted by Crippen LogP contribution is -2.59. The minimum atomic E-state index is -0.339. The summed E-state index contributed by atoms with van der Waals surface area (Å²) in [7, 11) is 0. The molecule has 2 aliphatic rings. The van der Waals surface area contributed by atoms with Crippen LogP contribution in [0.2, 0.25) is 0 Å². The van der Waals surface area contributed by atoms with Crippen molar-refractivity contribution in [2.45, 2.75) is 32.5 Å². The number of piperazine rings is 1. The maximum atomic E-state index is 13.2. The Bertz CT molecular complexity index is 881. The Morgan fingerprint density at radius 2 is 1.93 bits per heavy atom. The number of benzene rings is 1. The number of aromatic nitrogens is 2. The van der Waals surface area contributed by atoms with Crippen LogP contribution in [0.25, 0.3) is 0 Å². The molecule has 2 fully saturated rings. The van der Waals surface area contributed by atoms with Crippen LogP contribution in [0, 0.1) is 5.82 Å². The van der Waals surface area contributed by atoms with Gasteiger partial charge in [0.05, 0.1) is 0 Å². The van der Waals surface area contributed by atoms with Gasteiger partial charge in [-0.2, -0.15) is 5.10 Å². The SMILES string of the molecule is CCn1nccc1C(=O)N1CCCN2CCN(Cc3ccc(F)cc3)C(=O)C2C1. The Morgan fingerprint density at radius 3 is 2.69 bits per heavy atom. The third-order valence-electron chi connectivity index (χ3n) is 5.77. The van der Waals surface area contributed by atoms with E-state index in [1.165, 1.54) is 12.1 Å². The predicted octanol–water partition coefficient (Wildman–Crippen LogP) is 1.60. The van der Waals surface area contributed by atoms with Gasteiger partial charge in [0.15, 0.2) is 0 Å². The molecule has 2 aromatic rings. The van der Waals surface area contributed by atoms with Crippen molar-refractivity contribution in [1.29, 1.82) is 0 Å². The highest BCUT2D eigenvalue weighted by Gasteiger charge is 2.38. The smallest absolute Gasteiger partial charge is 0.272 e. The molecule has 8 heteroatoms. The summed E-state index contributed by atoms with van der Waals surface area (Å²) in [4.78, 5) is 32.1. The molecule has 1 atom stereocenters. The van der Waals surface area contributed by atoms with Crippen LogP contribution in [-0.4, -0.2) is 75.1 Å². The van der Waals surface area contributed by atoms with Gasteiger partial charge in [-0.3, -0.25) is 19.2 Å². The van der Waals surface area contributed by atoms with E-state index in [2.05, 4.69) is 10.00 Å². The number of hydrogen-bond donors (Lipinski definition) is 0. The number of aryl methyl sites for hydroxylation is 1. The summed E-state index contributed by atoms with van der Waals surface area (Å²) in [6.07, 6.45) is 2.48. The van der Waals surface area contributed by atoms with E-state index in [-0.39, 0.29) is 23.7 Å². The summed E-state index contributed by atoms with van der Waals surface area (Å²) in [5, 5.41) is 4.19. The molecule has 0 radical (unpaired) electrons. The van der Waals surface area contributed by atoms with Crippen molar-refractivity contribution in [3.8, 4) is 0 Å². The Balaban J connectivity index is 1.49. The second-order valence-corrected chi connectivity index (χ2v) is 7.57. The van der Waals surface area contributed by atoms with E-state index >= 15 is 0 Å². The van der Waals surface area contributed by atoms with Gasteiger partial charge in [-0.25, -0.2) is 4.39 Å². The summed E-state index contributed by atoms with van der Waals surface area (Å²) in [6.45, 7) is 6.28. The normalized spacial score (nSPS) is 20.5. The van der Waals surface area contributed by atoms with E-state index in [9.17, 15) is 14.0 Å². The van der Waals surface area contributed by atoms with Gasteiger partial charge in [-0.1, -0.05) is 12.1 Å². The molecule has 29 heavy (non-hydrogen) atoms. The molecule has 1 aromatic heterocycles. The number of amides is 2. The average Bonchev–Trinajstić information content (AvgIpc) is 3.10. The molecule has 154 valence electrons. The predicted molar refractivity (Wildman–Crippen MR) is 106 cm³/mol. The van der Waals surface area contributed by atoms with Gasteiger partial charge in [-0.05, 0) is 37.1 Å². The molecule has 2 saturated heterocycles. The third-order valence-corrected chi connectivity index (χ3v) is 5.77. The van der Waals surface area contributed by atoms with Crippen LogP contribution in [-0.2, 0) is 17.9 Å². The molecule has 4 rings (SSSR count). The van der Waals surface area contributed by atoms with Crippen LogP contribution in [0.3, 0.4) is 0 Å². The van der Waals surface area contributed by atoms with Gasteiger partial charge in [0.1, 0.15) is 17.6 Å². The van der Waals surface area contributed by atoms with Crippen molar-refractivity contribution in [2.24, 2.45) is 0 Å². The van der Waals surface area contributed by atoms with Crippen molar-refractivity contribution in [2.75, 3.05) is 32.7 Å². The van der Waals surface area contributed by atoms with Crippen molar-refractivity contribution >= 4 is 11.8 Å². The van der Waals surface area contributed by atoms with E-state index in [1.54, 1.807) is 34.0 Å². The quantitative estimate of drug-likeness (QED) is 0.784. The lowest BCUT2D eigenvalue weighted by molar-refractivity contribution is -0.142. The van der Waals surface area contributed by atoms with Gasteiger partial charge in [0.25, 0.3) is 5.91 Å².